The van der Waals surface area contributed by atoms with E-state index in [0.717, 1.165) is 16.8 Å². The number of carbonyl (C=O) groups is 1. The summed E-state index contributed by atoms with van der Waals surface area (Å²) in [5.41, 5.74) is 2.86. The molecule has 0 bridgehead atoms. The van der Waals surface area contributed by atoms with E-state index >= 15 is 0 Å². The molecule has 1 atom stereocenters. The van der Waals surface area contributed by atoms with Gasteiger partial charge in [-0.15, -0.1) is 0 Å². The number of hydrogen-bond donors (Lipinski definition) is 1. The smallest absolute Gasteiger partial charge is 0.265 e. The van der Waals surface area contributed by atoms with Gasteiger partial charge in [0.1, 0.15) is 5.75 Å². The number of nitrogens with one attached hydrogen (secondary N) is 1. The second kappa shape index (κ2) is 7.43. The van der Waals surface area contributed by atoms with Crippen LogP contribution in [0.1, 0.15) is 18.1 Å². The molecule has 0 saturated carbocycles. The third-order valence-electron chi connectivity index (χ3n) is 3.29. The number of ether oxygens (including phenoxy) is 1. The lowest BCUT2D eigenvalue weighted by atomic mass is 10.1. The molecule has 0 fully saturated rings. The number of carbonyl (C=O) groups excluding carboxylic acids is 1. The average molecular weight is 373 g/mol. The van der Waals surface area contributed by atoms with Crippen LogP contribution in [0, 0.1) is 13.8 Å². The van der Waals surface area contributed by atoms with Crippen molar-refractivity contribution in [3.8, 4) is 5.75 Å². The number of amides is 1. The van der Waals surface area contributed by atoms with Crippen molar-refractivity contribution < 1.29 is 9.53 Å². The maximum atomic E-state index is 12.3. The van der Waals surface area contributed by atoms with Crippen molar-refractivity contribution in [2.45, 2.75) is 26.9 Å². The number of hydrogen-bond acceptors (Lipinski definition) is 2. The predicted octanol–water partition coefficient (Wildman–Crippen LogP) is 5.67. The molecular formula is C17H16Cl3NO2. The normalized spacial score (nSPS) is 11.9. The number of aryl methyl sites for hydroxylation is 2. The van der Waals surface area contributed by atoms with Gasteiger partial charge in [-0.1, -0.05) is 52.5 Å². The Kier molecular flexibility index (Phi) is 5.79. The number of anilines is 1. The minimum absolute atomic E-state index is 0.279. The number of rotatable bonds is 4. The van der Waals surface area contributed by atoms with Gasteiger partial charge in [-0.2, -0.15) is 0 Å². The first-order valence-electron chi connectivity index (χ1n) is 6.97. The van der Waals surface area contributed by atoms with Crippen LogP contribution in [0.5, 0.6) is 5.75 Å². The highest BCUT2D eigenvalue weighted by molar-refractivity contribution is 6.43. The summed E-state index contributed by atoms with van der Waals surface area (Å²) in [6, 6.07) is 8.77. The molecule has 0 radical (unpaired) electrons. The van der Waals surface area contributed by atoms with Gasteiger partial charge in [-0.05, 0) is 38.5 Å². The van der Waals surface area contributed by atoms with E-state index in [2.05, 4.69) is 5.32 Å². The molecule has 1 N–H and O–H groups in total. The molecule has 0 aliphatic rings. The van der Waals surface area contributed by atoms with Crippen LogP contribution >= 0.6 is 34.8 Å². The van der Waals surface area contributed by atoms with E-state index in [1.165, 1.54) is 12.1 Å². The van der Waals surface area contributed by atoms with E-state index in [-0.39, 0.29) is 5.91 Å². The van der Waals surface area contributed by atoms with Gasteiger partial charge in [0.15, 0.2) is 6.10 Å². The molecular weight excluding hydrogens is 357 g/mol. The van der Waals surface area contributed by atoms with E-state index in [9.17, 15) is 4.79 Å². The van der Waals surface area contributed by atoms with Gasteiger partial charge in [0.05, 0.1) is 15.1 Å². The fraction of sp³-hybridized carbons (Fsp3) is 0.235. The first-order valence-corrected chi connectivity index (χ1v) is 8.10. The van der Waals surface area contributed by atoms with E-state index in [0.29, 0.717) is 20.8 Å². The maximum absolute atomic E-state index is 12.3. The molecule has 0 heterocycles. The van der Waals surface area contributed by atoms with Crippen molar-refractivity contribution in [2.24, 2.45) is 0 Å². The van der Waals surface area contributed by atoms with Gasteiger partial charge in [-0.3, -0.25) is 4.79 Å². The lowest BCUT2D eigenvalue weighted by Gasteiger charge is -2.17. The highest BCUT2D eigenvalue weighted by Gasteiger charge is 2.18. The molecule has 122 valence electrons. The Morgan fingerprint density at radius 3 is 2.35 bits per heavy atom. The maximum Gasteiger partial charge on any atom is 0.265 e. The molecule has 2 aromatic rings. The van der Waals surface area contributed by atoms with Crippen molar-refractivity contribution in [1.29, 1.82) is 0 Å². The minimum atomic E-state index is -0.745. The van der Waals surface area contributed by atoms with Crippen molar-refractivity contribution >= 4 is 46.4 Å². The van der Waals surface area contributed by atoms with Crippen molar-refractivity contribution in [1.82, 2.24) is 0 Å². The van der Waals surface area contributed by atoms with Crippen LogP contribution in [0.3, 0.4) is 0 Å². The summed E-state index contributed by atoms with van der Waals surface area (Å²) < 4.78 is 5.59. The quantitative estimate of drug-likeness (QED) is 0.702. The lowest BCUT2D eigenvalue weighted by molar-refractivity contribution is -0.122. The monoisotopic (exact) mass is 371 g/mol. The standard InChI is InChI=1S/C17H16Cl3NO2/c1-9-4-5-15(10(2)6-9)21-17(22)11(3)23-16-8-13(19)12(18)7-14(16)20/h4-8,11H,1-3H3,(H,21,22)/t11-/m0/s1. The summed E-state index contributed by atoms with van der Waals surface area (Å²) in [5.74, 6) is 0.0310. The number of halogens is 3. The first-order chi connectivity index (χ1) is 10.8. The summed E-state index contributed by atoms with van der Waals surface area (Å²) >= 11 is 17.9. The second-order valence-corrected chi connectivity index (χ2v) is 6.49. The van der Waals surface area contributed by atoms with Gasteiger partial charge >= 0.3 is 0 Å². The van der Waals surface area contributed by atoms with E-state index in [4.69, 9.17) is 39.5 Å². The molecule has 0 saturated heterocycles. The summed E-state index contributed by atoms with van der Waals surface area (Å²) in [4.78, 5) is 12.3. The zero-order valence-corrected chi connectivity index (χ0v) is 15.2. The molecule has 23 heavy (non-hydrogen) atoms. The summed E-state index contributed by atoms with van der Waals surface area (Å²) in [7, 11) is 0. The van der Waals surface area contributed by atoms with Crippen molar-refractivity contribution in [2.75, 3.05) is 5.32 Å². The van der Waals surface area contributed by atoms with Crippen LogP contribution < -0.4 is 10.1 Å². The largest absolute Gasteiger partial charge is 0.479 e. The third kappa shape index (κ3) is 4.54. The van der Waals surface area contributed by atoms with Gasteiger partial charge in [0.25, 0.3) is 5.91 Å². The van der Waals surface area contributed by atoms with Gasteiger partial charge in [-0.25, -0.2) is 0 Å². The minimum Gasteiger partial charge on any atom is -0.479 e. The Balaban J connectivity index is 2.10. The third-order valence-corrected chi connectivity index (χ3v) is 4.31. The van der Waals surface area contributed by atoms with Gasteiger partial charge < -0.3 is 10.1 Å². The highest BCUT2D eigenvalue weighted by Crippen LogP contribution is 2.34. The average Bonchev–Trinajstić information content (AvgIpc) is 2.47. The van der Waals surface area contributed by atoms with Crippen molar-refractivity contribution in [3.63, 3.8) is 0 Å². The summed E-state index contributed by atoms with van der Waals surface area (Å²) in [6.45, 7) is 5.57. The molecule has 0 unspecified atom stereocenters. The second-order valence-electron chi connectivity index (χ2n) is 5.26. The number of benzene rings is 2. The van der Waals surface area contributed by atoms with Crippen LogP contribution in [-0.4, -0.2) is 12.0 Å². The van der Waals surface area contributed by atoms with Gasteiger partial charge in [0, 0.05) is 11.8 Å². The highest BCUT2D eigenvalue weighted by atomic mass is 35.5. The topological polar surface area (TPSA) is 38.3 Å². The van der Waals surface area contributed by atoms with E-state index < -0.39 is 6.10 Å². The fourth-order valence-corrected chi connectivity index (χ4v) is 2.61. The molecule has 3 nitrogen and oxygen atoms in total. The predicted molar refractivity (Wildman–Crippen MR) is 96.1 cm³/mol. The zero-order valence-electron chi connectivity index (χ0n) is 12.9. The van der Waals surface area contributed by atoms with Crippen LogP contribution in [0.25, 0.3) is 0 Å². The molecule has 2 aromatic carbocycles. The van der Waals surface area contributed by atoms with Crippen LogP contribution in [0.2, 0.25) is 15.1 Å². The van der Waals surface area contributed by atoms with Crippen LogP contribution in [0.4, 0.5) is 5.69 Å². The Morgan fingerprint density at radius 2 is 1.70 bits per heavy atom. The Labute approximate surface area is 150 Å². The molecule has 6 heteroatoms. The van der Waals surface area contributed by atoms with Gasteiger partial charge in [0.2, 0.25) is 0 Å². The molecule has 0 aromatic heterocycles. The van der Waals surface area contributed by atoms with Crippen LogP contribution in [-0.2, 0) is 4.79 Å². The van der Waals surface area contributed by atoms with E-state index in [1.807, 2.05) is 32.0 Å². The Hall–Kier alpha value is -1.42. The van der Waals surface area contributed by atoms with Crippen LogP contribution in [0.15, 0.2) is 30.3 Å². The Morgan fingerprint density at radius 1 is 1.04 bits per heavy atom. The zero-order chi connectivity index (χ0) is 17.1. The lowest BCUT2D eigenvalue weighted by Crippen LogP contribution is -2.30. The molecule has 0 spiro atoms. The molecule has 1 amide bonds. The Bertz CT molecular complexity index is 747. The van der Waals surface area contributed by atoms with Crippen molar-refractivity contribution in [3.05, 3.63) is 56.5 Å². The molecule has 0 aliphatic carbocycles. The summed E-state index contributed by atoms with van der Waals surface area (Å²) in [5, 5.41) is 3.78. The SMILES string of the molecule is Cc1ccc(NC(=O)[C@H](C)Oc2cc(Cl)c(Cl)cc2Cl)c(C)c1. The first kappa shape index (κ1) is 17.9. The fourth-order valence-electron chi connectivity index (χ4n) is 2.03. The summed E-state index contributed by atoms with van der Waals surface area (Å²) in [6.07, 6.45) is -0.745. The molecule has 2 rings (SSSR count). The van der Waals surface area contributed by atoms with E-state index in [1.54, 1.807) is 6.92 Å². The molecule has 0 aliphatic heterocycles.